The summed E-state index contributed by atoms with van der Waals surface area (Å²) in [6.07, 6.45) is 0.851. The van der Waals surface area contributed by atoms with Gasteiger partial charge < -0.3 is 19.1 Å². The van der Waals surface area contributed by atoms with Gasteiger partial charge in [0.15, 0.2) is 0 Å². The van der Waals surface area contributed by atoms with Gasteiger partial charge in [-0.2, -0.15) is 0 Å². The molecule has 2 heterocycles. The lowest BCUT2D eigenvalue weighted by Gasteiger charge is -2.30. The van der Waals surface area contributed by atoms with Crippen molar-refractivity contribution in [1.29, 1.82) is 0 Å². The Morgan fingerprint density at radius 3 is 2.56 bits per heavy atom. The minimum absolute atomic E-state index is 0.00327. The molecule has 1 amide bonds. The average Bonchev–Trinajstić information content (AvgIpc) is 3.10. The lowest BCUT2D eigenvalue weighted by atomic mass is 10.1. The van der Waals surface area contributed by atoms with E-state index in [1.807, 2.05) is 11.8 Å². The van der Waals surface area contributed by atoms with Crippen molar-refractivity contribution in [2.45, 2.75) is 39.8 Å². The first-order valence-corrected chi connectivity index (χ1v) is 9.35. The molecular formula is C20H26FN3O3. The summed E-state index contributed by atoms with van der Waals surface area (Å²) in [4.78, 5) is 16.2. The van der Waals surface area contributed by atoms with Crippen molar-refractivity contribution in [3.63, 3.8) is 0 Å². The van der Waals surface area contributed by atoms with E-state index < -0.39 is 0 Å². The van der Waals surface area contributed by atoms with E-state index in [1.165, 1.54) is 12.1 Å². The molecule has 0 unspecified atom stereocenters. The Labute approximate surface area is 158 Å². The Balaban J connectivity index is 2.02. The number of anilines is 1. The standard InChI is InChI=1S/C20H26FN3O3/c1-4-14(2)24(15(3)25)13-18-19(16-5-7-17(21)8-6-16)22-27-20(18)23-9-11-26-12-10-23/h5-8,14H,4,9-13H2,1-3H3/t14-/m0/s1. The zero-order valence-electron chi connectivity index (χ0n) is 16.1. The summed E-state index contributed by atoms with van der Waals surface area (Å²) in [5, 5.41) is 4.27. The fourth-order valence-electron chi connectivity index (χ4n) is 3.26. The second kappa shape index (κ2) is 8.52. The van der Waals surface area contributed by atoms with Crippen LogP contribution in [-0.4, -0.2) is 48.3 Å². The fraction of sp³-hybridized carbons (Fsp3) is 0.500. The molecule has 7 heteroatoms. The number of carbonyl (C=O) groups is 1. The summed E-state index contributed by atoms with van der Waals surface area (Å²) in [5.41, 5.74) is 2.26. The van der Waals surface area contributed by atoms with Crippen LogP contribution in [0.1, 0.15) is 32.8 Å². The van der Waals surface area contributed by atoms with E-state index in [1.54, 1.807) is 19.1 Å². The second-order valence-corrected chi connectivity index (χ2v) is 6.83. The number of halogens is 1. The van der Waals surface area contributed by atoms with Gasteiger partial charge in [-0.15, -0.1) is 0 Å². The molecule has 1 aromatic heterocycles. The van der Waals surface area contributed by atoms with Gasteiger partial charge in [0.2, 0.25) is 11.8 Å². The van der Waals surface area contributed by atoms with Gasteiger partial charge in [0.1, 0.15) is 11.5 Å². The van der Waals surface area contributed by atoms with Crippen molar-refractivity contribution in [3.05, 3.63) is 35.6 Å². The molecule has 1 aliphatic rings. The van der Waals surface area contributed by atoms with Crippen LogP contribution >= 0.6 is 0 Å². The van der Waals surface area contributed by atoms with Gasteiger partial charge in [-0.3, -0.25) is 4.79 Å². The Hall–Kier alpha value is -2.41. The van der Waals surface area contributed by atoms with E-state index in [4.69, 9.17) is 9.26 Å². The van der Waals surface area contributed by atoms with Crippen molar-refractivity contribution in [3.8, 4) is 11.3 Å². The number of rotatable bonds is 6. The van der Waals surface area contributed by atoms with Gasteiger partial charge >= 0.3 is 0 Å². The number of aromatic nitrogens is 1. The van der Waals surface area contributed by atoms with Crippen LogP contribution in [0.4, 0.5) is 10.3 Å². The number of carbonyl (C=O) groups excluding carboxylic acids is 1. The molecule has 0 radical (unpaired) electrons. The van der Waals surface area contributed by atoms with Crippen LogP contribution in [0.5, 0.6) is 0 Å². The normalized spacial score (nSPS) is 15.6. The molecule has 0 aliphatic carbocycles. The van der Waals surface area contributed by atoms with Crippen LogP contribution in [-0.2, 0) is 16.1 Å². The molecule has 146 valence electrons. The van der Waals surface area contributed by atoms with Gasteiger partial charge in [0.05, 0.1) is 25.3 Å². The minimum atomic E-state index is -0.304. The molecule has 3 rings (SSSR count). The molecule has 6 nitrogen and oxygen atoms in total. The van der Waals surface area contributed by atoms with Crippen molar-refractivity contribution < 1.29 is 18.4 Å². The van der Waals surface area contributed by atoms with Crippen LogP contribution in [0, 0.1) is 5.82 Å². The fourth-order valence-corrected chi connectivity index (χ4v) is 3.26. The average molecular weight is 375 g/mol. The van der Waals surface area contributed by atoms with E-state index in [-0.39, 0.29) is 17.8 Å². The van der Waals surface area contributed by atoms with Gasteiger partial charge in [-0.1, -0.05) is 12.1 Å². The van der Waals surface area contributed by atoms with Crippen LogP contribution in [0.25, 0.3) is 11.3 Å². The maximum absolute atomic E-state index is 13.3. The Kier molecular flexibility index (Phi) is 6.11. The number of morpholine rings is 1. The number of hydrogen-bond donors (Lipinski definition) is 0. The first-order valence-electron chi connectivity index (χ1n) is 9.35. The SMILES string of the molecule is CC[C@H](C)N(Cc1c(-c2ccc(F)cc2)noc1N1CCOCC1)C(C)=O. The zero-order valence-corrected chi connectivity index (χ0v) is 16.1. The summed E-state index contributed by atoms with van der Waals surface area (Å²) < 4.78 is 24.5. The largest absolute Gasteiger partial charge is 0.378 e. The zero-order chi connectivity index (χ0) is 19.4. The molecule has 1 saturated heterocycles. The summed E-state index contributed by atoms with van der Waals surface area (Å²) >= 11 is 0. The number of nitrogens with zero attached hydrogens (tertiary/aromatic N) is 3. The second-order valence-electron chi connectivity index (χ2n) is 6.83. The molecule has 0 bridgehead atoms. The third-order valence-corrected chi connectivity index (χ3v) is 5.04. The highest BCUT2D eigenvalue weighted by Crippen LogP contribution is 2.33. The molecule has 2 aromatic rings. The van der Waals surface area contributed by atoms with Crippen molar-refractivity contribution >= 4 is 11.8 Å². The molecule has 27 heavy (non-hydrogen) atoms. The number of ether oxygens (including phenoxy) is 1. The Morgan fingerprint density at radius 2 is 1.96 bits per heavy atom. The van der Waals surface area contributed by atoms with E-state index >= 15 is 0 Å². The van der Waals surface area contributed by atoms with E-state index in [2.05, 4.69) is 17.0 Å². The molecular weight excluding hydrogens is 349 g/mol. The topological polar surface area (TPSA) is 58.8 Å². The van der Waals surface area contributed by atoms with Crippen molar-refractivity contribution in [2.75, 3.05) is 31.2 Å². The highest BCUT2D eigenvalue weighted by atomic mass is 19.1. The van der Waals surface area contributed by atoms with Crippen LogP contribution < -0.4 is 4.90 Å². The van der Waals surface area contributed by atoms with Crippen LogP contribution in [0.3, 0.4) is 0 Å². The van der Waals surface area contributed by atoms with Crippen molar-refractivity contribution in [2.24, 2.45) is 0 Å². The smallest absolute Gasteiger partial charge is 0.233 e. The number of hydrogen-bond acceptors (Lipinski definition) is 5. The Morgan fingerprint density at radius 1 is 1.30 bits per heavy atom. The van der Waals surface area contributed by atoms with E-state index in [0.29, 0.717) is 44.4 Å². The number of benzene rings is 1. The highest BCUT2D eigenvalue weighted by molar-refractivity contribution is 5.75. The molecule has 1 aromatic carbocycles. The predicted octanol–water partition coefficient (Wildman–Crippen LogP) is 3.46. The first-order chi connectivity index (χ1) is 13.0. The summed E-state index contributed by atoms with van der Waals surface area (Å²) in [5.74, 6) is 0.359. The van der Waals surface area contributed by atoms with Gasteiger partial charge in [-0.25, -0.2) is 4.39 Å². The third-order valence-electron chi connectivity index (χ3n) is 5.04. The molecule has 1 aliphatic heterocycles. The highest BCUT2D eigenvalue weighted by Gasteiger charge is 2.27. The Bertz CT molecular complexity index is 769. The van der Waals surface area contributed by atoms with E-state index in [9.17, 15) is 9.18 Å². The van der Waals surface area contributed by atoms with Gasteiger partial charge in [0, 0.05) is 31.6 Å². The van der Waals surface area contributed by atoms with Crippen LogP contribution in [0.2, 0.25) is 0 Å². The molecule has 0 saturated carbocycles. The molecule has 1 atom stereocenters. The summed E-state index contributed by atoms with van der Waals surface area (Å²) in [6, 6.07) is 6.26. The van der Waals surface area contributed by atoms with Crippen LogP contribution in [0.15, 0.2) is 28.8 Å². The van der Waals surface area contributed by atoms with Crippen molar-refractivity contribution in [1.82, 2.24) is 10.1 Å². The monoisotopic (exact) mass is 375 g/mol. The van der Waals surface area contributed by atoms with E-state index in [0.717, 1.165) is 17.5 Å². The first kappa shape index (κ1) is 19.4. The lowest BCUT2D eigenvalue weighted by molar-refractivity contribution is -0.131. The molecule has 1 fully saturated rings. The summed E-state index contributed by atoms with van der Waals surface area (Å²) in [6.45, 7) is 8.70. The van der Waals surface area contributed by atoms with Gasteiger partial charge in [0.25, 0.3) is 0 Å². The third kappa shape index (κ3) is 4.30. The quantitative estimate of drug-likeness (QED) is 0.774. The maximum Gasteiger partial charge on any atom is 0.233 e. The molecule has 0 spiro atoms. The predicted molar refractivity (Wildman–Crippen MR) is 101 cm³/mol. The maximum atomic E-state index is 13.3. The number of amides is 1. The van der Waals surface area contributed by atoms with Gasteiger partial charge in [-0.05, 0) is 37.6 Å². The minimum Gasteiger partial charge on any atom is -0.378 e. The summed E-state index contributed by atoms with van der Waals surface area (Å²) in [7, 11) is 0. The molecule has 0 N–H and O–H groups in total. The lowest BCUT2D eigenvalue weighted by Crippen LogP contribution is -2.39.